The van der Waals surface area contributed by atoms with Crippen molar-refractivity contribution in [3.05, 3.63) is 0 Å². The average Bonchev–Trinajstić information content (AvgIpc) is 2.81. The number of nitrogens with zero attached hydrogens (tertiary/aromatic N) is 1. The standard InChI is InChI=1S/C11H16N2O4/c1-7(6-12)5-8(11(15)16)13-10(14)9-3-2-4-17-9/h7-9H,2-5H2,1H3,(H,13,14)(H,15,16)/t7-,8+,9-/m0/s1. The second-order valence-electron chi connectivity index (χ2n) is 4.17. The van der Waals surface area contributed by atoms with Crippen molar-refractivity contribution in [3.8, 4) is 6.07 Å². The van der Waals surface area contributed by atoms with Crippen molar-refractivity contribution >= 4 is 11.9 Å². The molecule has 1 fully saturated rings. The summed E-state index contributed by atoms with van der Waals surface area (Å²) in [5.74, 6) is -1.95. The Bertz CT molecular complexity index is 331. The Morgan fingerprint density at radius 1 is 1.65 bits per heavy atom. The third-order valence-electron chi connectivity index (χ3n) is 2.65. The summed E-state index contributed by atoms with van der Waals surface area (Å²) in [6.45, 7) is 2.15. The lowest BCUT2D eigenvalue weighted by molar-refractivity contribution is -0.144. The van der Waals surface area contributed by atoms with Gasteiger partial charge in [-0.3, -0.25) is 4.79 Å². The fourth-order valence-corrected chi connectivity index (χ4v) is 1.68. The van der Waals surface area contributed by atoms with Crippen LogP contribution in [0.1, 0.15) is 26.2 Å². The van der Waals surface area contributed by atoms with E-state index in [1.54, 1.807) is 6.92 Å². The van der Waals surface area contributed by atoms with Gasteiger partial charge < -0.3 is 15.2 Å². The normalized spacial score (nSPS) is 22.5. The van der Waals surface area contributed by atoms with Gasteiger partial charge in [0.15, 0.2) is 0 Å². The van der Waals surface area contributed by atoms with Crippen LogP contribution in [-0.4, -0.2) is 35.7 Å². The van der Waals surface area contributed by atoms with Crippen molar-refractivity contribution in [2.45, 2.75) is 38.3 Å². The number of hydrogen-bond acceptors (Lipinski definition) is 4. The molecule has 0 radical (unpaired) electrons. The van der Waals surface area contributed by atoms with Gasteiger partial charge in [0, 0.05) is 12.5 Å². The van der Waals surface area contributed by atoms with Crippen LogP contribution in [0.5, 0.6) is 0 Å². The van der Waals surface area contributed by atoms with E-state index < -0.39 is 29.9 Å². The predicted molar refractivity (Wildman–Crippen MR) is 57.9 cm³/mol. The first-order valence-corrected chi connectivity index (χ1v) is 5.59. The molecule has 0 saturated carbocycles. The molecule has 6 nitrogen and oxygen atoms in total. The maximum atomic E-state index is 11.6. The highest BCUT2D eigenvalue weighted by molar-refractivity contribution is 5.86. The zero-order chi connectivity index (χ0) is 12.8. The number of aliphatic carboxylic acids is 1. The van der Waals surface area contributed by atoms with Crippen LogP contribution < -0.4 is 5.32 Å². The highest BCUT2D eigenvalue weighted by Crippen LogP contribution is 2.13. The number of carbonyl (C=O) groups is 2. The molecule has 0 aliphatic carbocycles. The van der Waals surface area contributed by atoms with Crippen molar-refractivity contribution in [2.75, 3.05) is 6.61 Å². The number of hydrogen-bond donors (Lipinski definition) is 2. The van der Waals surface area contributed by atoms with E-state index in [0.717, 1.165) is 6.42 Å². The molecule has 0 aromatic rings. The summed E-state index contributed by atoms with van der Waals surface area (Å²) in [5, 5.41) is 20.0. The highest BCUT2D eigenvalue weighted by atomic mass is 16.5. The van der Waals surface area contributed by atoms with Gasteiger partial charge in [-0.15, -0.1) is 0 Å². The van der Waals surface area contributed by atoms with E-state index in [9.17, 15) is 9.59 Å². The van der Waals surface area contributed by atoms with Gasteiger partial charge in [0.2, 0.25) is 5.91 Å². The zero-order valence-electron chi connectivity index (χ0n) is 9.68. The maximum Gasteiger partial charge on any atom is 0.326 e. The van der Waals surface area contributed by atoms with E-state index in [2.05, 4.69) is 5.32 Å². The Hall–Kier alpha value is -1.61. The molecular weight excluding hydrogens is 224 g/mol. The number of ether oxygens (including phenoxy) is 1. The Morgan fingerprint density at radius 3 is 2.82 bits per heavy atom. The molecular formula is C11H16N2O4. The van der Waals surface area contributed by atoms with Crippen LogP contribution in [0.3, 0.4) is 0 Å². The second-order valence-corrected chi connectivity index (χ2v) is 4.17. The first-order valence-electron chi connectivity index (χ1n) is 5.59. The molecule has 0 unspecified atom stereocenters. The molecule has 1 aliphatic heterocycles. The third-order valence-corrected chi connectivity index (χ3v) is 2.65. The van der Waals surface area contributed by atoms with Crippen molar-refractivity contribution in [3.63, 3.8) is 0 Å². The molecule has 0 aromatic heterocycles. The molecule has 1 amide bonds. The molecule has 6 heteroatoms. The van der Waals surface area contributed by atoms with E-state index in [4.69, 9.17) is 15.1 Å². The topological polar surface area (TPSA) is 99.4 Å². The number of carbonyl (C=O) groups excluding carboxylic acids is 1. The summed E-state index contributed by atoms with van der Waals surface area (Å²) < 4.78 is 5.16. The van der Waals surface area contributed by atoms with Gasteiger partial charge >= 0.3 is 5.97 Å². The SMILES string of the molecule is C[C@H](C#N)C[C@@H](NC(=O)[C@@H]1CCCO1)C(=O)O. The van der Waals surface area contributed by atoms with Gasteiger partial charge in [-0.25, -0.2) is 4.79 Å². The van der Waals surface area contributed by atoms with Crippen molar-refractivity contribution < 1.29 is 19.4 Å². The van der Waals surface area contributed by atoms with Crippen LogP contribution in [0, 0.1) is 17.2 Å². The van der Waals surface area contributed by atoms with Gasteiger partial charge in [-0.1, -0.05) is 0 Å². The average molecular weight is 240 g/mol. The summed E-state index contributed by atoms with van der Waals surface area (Å²) >= 11 is 0. The van der Waals surface area contributed by atoms with Gasteiger partial charge in [0.1, 0.15) is 12.1 Å². The lowest BCUT2D eigenvalue weighted by Crippen LogP contribution is -2.46. The zero-order valence-corrected chi connectivity index (χ0v) is 9.68. The minimum absolute atomic E-state index is 0.101. The number of carboxylic acids is 1. The fraction of sp³-hybridized carbons (Fsp3) is 0.727. The smallest absolute Gasteiger partial charge is 0.326 e. The first-order chi connectivity index (χ1) is 8.04. The minimum atomic E-state index is -1.13. The van der Waals surface area contributed by atoms with Crippen LogP contribution in [-0.2, 0) is 14.3 Å². The van der Waals surface area contributed by atoms with Gasteiger partial charge in [0.05, 0.1) is 6.07 Å². The molecule has 1 heterocycles. The van der Waals surface area contributed by atoms with E-state index in [-0.39, 0.29) is 6.42 Å². The number of amides is 1. The van der Waals surface area contributed by atoms with Crippen LogP contribution in [0.15, 0.2) is 0 Å². The Balaban J connectivity index is 2.51. The molecule has 2 N–H and O–H groups in total. The summed E-state index contributed by atoms with van der Waals surface area (Å²) in [6, 6.07) is 0.921. The predicted octanol–water partition coefficient (Wildman–Crippen LogP) is 0.285. The minimum Gasteiger partial charge on any atom is -0.480 e. The Kier molecular flexibility index (Phi) is 4.91. The monoisotopic (exact) mass is 240 g/mol. The largest absolute Gasteiger partial charge is 0.480 e. The number of nitriles is 1. The van der Waals surface area contributed by atoms with E-state index in [1.807, 2.05) is 6.07 Å². The summed E-state index contributed by atoms with van der Waals surface area (Å²) in [5.41, 5.74) is 0. The van der Waals surface area contributed by atoms with E-state index in [1.165, 1.54) is 0 Å². The van der Waals surface area contributed by atoms with Gasteiger partial charge in [-0.05, 0) is 26.2 Å². The maximum absolute atomic E-state index is 11.6. The summed E-state index contributed by atoms with van der Waals surface area (Å²) in [7, 11) is 0. The van der Waals surface area contributed by atoms with Gasteiger partial charge in [0.25, 0.3) is 0 Å². The first kappa shape index (κ1) is 13.5. The van der Waals surface area contributed by atoms with Crippen LogP contribution in [0.25, 0.3) is 0 Å². The van der Waals surface area contributed by atoms with Gasteiger partial charge in [-0.2, -0.15) is 5.26 Å². The van der Waals surface area contributed by atoms with Crippen molar-refractivity contribution in [1.29, 1.82) is 5.26 Å². The lowest BCUT2D eigenvalue weighted by atomic mass is 10.0. The molecule has 1 aliphatic rings. The molecule has 94 valence electrons. The highest BCUT2D eigenvalue weighted by Gasteiger charge is 2.28. The third kappa shape index (κ3) is 4.04. The molecule has 0 spiro atoms. The second kappa shape index (κ2) is 6.21. The van der Waals surface area contributed by atoms with E-state index >= 15 is 0 Å². The van der Waals surface area contributed by atoms with Crippen molar-refractivity contribution in [2.24, 2.45) is 5.92 Å². The molecule has 0 aromatic carbocycles. The summed E-state index contributed by atoms with van der Waals surface area (Å²) in [6.07, 6.45) is 0.981. The lowest BCUT2D eigenvalue weighted by Gasteiger charge is -2.17. The molecule has 1 saturated heterocycles. The van der Waals surface area contributed by atoms with E-state index in [0.29, 0.717) is 13.0 Å². The van der Waals surface area contributed by atoms with Crippen LogP contribution in [0.4, 0.5) is 0 Å². The molecule has 17 heavy (non-hydrogen) atoms. The van der Waals surface area contributed by atoms with Crippen LogP contribution in [0.2, 0.25) is 0 Å². The number of rotatable bonds is 5. The Morgan fingerprint density at radius 2 is 2.35 bits per heavy atom. The molecule has 0 bridgehead atoms. The number of nitrogens with one attached hydrogen (secondary N) is 1. The Labute approximate surface area is 99.6 Å². The van der Waals surface area contributed by atoms with Crippen LogP contribution >= 0.6 is 0 Å². The molecule has 1 rings (SSSR count). The number of carboxylic acid groups (broad SMARTS) is 1. The quantitative estimate of drug-likeness (QED) is 0.719. The fourth-order valence-electron chi connectivity index (χ4n) is 1.68. The van der Waals surface area contributed by atoms with Crippen molar-refractivity contribution in [1.82, 2.24) is 5.32 Å². The molecule has 3 atom stereocenters. The summed E-state index contributed by atoms with van der Waals surface area (Å²) in [4.78, 5) is 22.6.